The number of hydrogen-bond donors (Lipinski definition) is 0. The van der Waals surface area contributed by atoms with E-state index in [0.29, 0.717) is 26.1 Å². The van der Waals surface area contributed by atoms with Gasteiger partial charge in [-0.15, -0.1) is 0 Å². The molecule has 0 aliphatic carbocycles. The smallest absolute Gasteiger partial charge is 0.223 e. The molecule has 5 rings (SSSR count). The molecule has 0 radical (unpaired) electrons. The SMILES string of the molecule is COc1ccc(CN2CC(c3nc4ccccc4n3CCCOc3cccc(C)c3)CC2=O)cc1. The largest absolute Gasteiger partial charge is 0.497 e. The summed E-state index contributed by atoms with van der Waals surface area (Å²) in [5.74, 6) is 2.96. The van der Waals surface area contributed by atoms with Crippen LogP contribution in [0.15, 0.2) is 72.8 Å². The molecule has 6 nitrogen and oxygen atoms in total. The highest BCUT2D eigenvalue weighted by molar-refractivity contribution is 5.81. The summed E-state index contributed by atoms with van der Waals surface area (Å²) in [5.41, 5.74) is 4.37. The molecule has 4 aromatic rings. The van der Waals surface area contributed by atoms with Crippen LogP contribution >= 0.6 is 0 Å². The second-order valence-electron chi connectivity index (χ2n) is 9.15. The highest BCUT2D eigenvalue weighted by Gasteiger charge is 2.34. The van der Waals surface area contributed by atoms with Crippen LogP contribution in [0.5, 0.6) is 11.5 Å². The zero-order valence-corrected chi connectivity index (χ0v) is 20.3. The van der Waals surface area contributed by atoms with E-state index in [9.17, 15) is 4.79 Å². The van der Waals surface area contributed by atoms with Gasteiger partial charge in [0, 0.05) is 32.0 Å². The molecular weight excluding hydrogens is 438 g/mol. The van der Waals surface area contributed by atoms with Crippen LogP contribution in [0.3, 0.4) is 0 Å². The van der Waals surface area contributed by atoms with Crippen LogP contribution in [-0.2, 0) is 17.9 Å². The number of rotatable bonds is 9. The first-order valence-corrected chi connectivity index (χ1v) is 12.2. The Kier molecular flexibility index (Phi) is 6.70. The van der Waals surface area contributed by atoms with Crippen LogP contribution in [0.4, 0.5) is 0 Å². The van der Waals surface area contributed by atoms with E-state index in [1.165, 1.54) is 5.56 Å². The summed E-state index contributed by atoms with van der Waals surface area (Å²) in [6.45, 7) is 4.77. The molecule has 0 spiro atoms. The number of amides is 1. The molecule has 0 saturated carbocycles. The van der Waals surface area contributed by atoms with Crippen molar-refractivity contribution < 1.29 is 14.3 Å². The zero-order chi connectivity index (χ0) is 24.2. The van der Waals surface area contributed by atoms with Gasteiger partial charge in [-0.3, -0.25) is 4.79 Å². The van der Waals surface area contributed by atoms with Gasteiger partial charge in [-0.1, -0.05) is 36.4 Å². The van der Waals surface area contributed by atoms with Gasteiger partial charge in [0.15, 0.2) is 0 Å². The molecule has 0 N–H and O–H groups in total. The maximum absolute atomic E-state index is 12.9. The van der Waals surface area contributed by atoms with Crippen LogP contribution < -0.4 is 9.47 Å². The normalized spacial score (nSPS) is 15.7. The van der Waals surface area contributed by atoms with Gasteiger partial charge in [0.2, 0.25) is 5.91 Å². The summed E-state index contributed by atoms with van der Waals surface area (Å²) < 4.78 is 13.5. The van der Waals surface area contributed by atoms with Crippen molar-refractivity contribution in [3.8, 4) is 11.5 Å². The van der Waals surface area contributed by atoms with Crippen molar-refractivity contribution in [2.45, 2.75) is 38.8 Å². The van der Waals surface area contributed by atoms with Gasteiger partial charge < -0.3 is 18.9 Å². The van der Waals surface area contributed by atoms with Crippen molar-refractivity contribution in [3.63, 3.8) is 0 Å². The van der Waals surface area contributed by atoms with Crippen molar-refractivity contribution in [3.05, 3.63) is 89.7 Å². The summed E-state index contributed by atoms with van der Waals surface area (Å²) >= 11 is 0. The summed E-state index contributed by atoms with van der Waals surface area (Å²) in [6, 6.07) is 24.3. The summed E-state index contributed by atoms with van der Waals surface area (Å²) in [4.78, 5) is 19.8. The van der Waals surface area contributed by atoms with Crippen LogP contribution in [0.25, 0.3) is 11.0 Å². The number of para-hydroxylation sites is 2. The van der Waals surface area contributed by atoms with E-state index in [0.717, 1.165) is 46.9 Å². The van der Waals surface area contributed by atoms with Gasteiger partial charge in [-0.25, -0.2) is 4.98 Å². The highest BCUT2D eigenvalue weighted by Crippen LogP contribution is 2.31. The lowest BCUT2D eigenvalue weighted by Gasteiger charge is -2.18. The number of aromatic nitrogens is 2. The molecular formula is C29H31N3O3. The van der Waals surface area contributed by atoms with E-state index < -0.39 is 0 Å². The minimum atomic E-state index is 0.0749. The molecule has 1 aliphatic rings. The predicted octanol–water partition coefficient (Wildman–Crippen LogP) is 5.34. The molecule has 6 heteroatoms. The Morgan fingerprint density at radius 1 is 1.00 bits per heavy atom. The standard InChI is InChI=1S/C29H31N3O3/c1-21-7-5-8-25(17-21)35-16-6-15-32-27-10-4-3-9-26(27)30-29(32)23-18-28(33)31(20-23)19-22-11-13-24(34-2)14-12-22/h3-5,7-14,17,23H,6,15-16,18-20H2,1-2H3. The second kappa shape index (κ2) is 10.2. The summed E-state index contributed by atoms with van der Waals surface area (Å²) in [7, 11) is 1.66. The third-order valence-corrected chi connectivity index (χ3v) is 6.58. The monoisotopic (exact) mass is 469 g/mol. The molecule has 1 amide bonds. The summed E-state index contributed by atoms with van der Waals surface area (Å²) in [5, 5.41) is 0. The van der Waals surface area contributed by atoms with Gasteiger partial charge in [-0.05, 0) is 60.9 Å². The number of imidazole rings is 1. The van der Waals surface area contributed by atoms with Gasteiger partial charge in [0.25, 0.3) is 0 Å². The maximum atomic E-state index is 12.9. The van der Waals surface area contributed by atoms with Gasteiger partial charge in [-0.2, -0.15) is 0 Å². The van der Waals surface area contributed by atoms with Crippen LogP contribution in [0, 0.1) is 6.92 Å². The zero-order valence-electron chi connectivity index (χ0n) is 20.3. The van der Waals surface area contributed by atoms with Gasteiger partial charge in [0.05, 0.1) is 24.8 Å². The molecule has 1 fully saturated rings. The molecule has 0 bridgehead atoms. The second-order valence-corrected chi connectivity index (χ2v) is 9.15. The fourth-order valence-corrected chi connectivity index (χ4v) is 4.81. The molecule has 2 heterocycles. The molecule has 1 unspecified atom stereocenters. The summed E-state index contributed by atoms with van der Waals surface area (Å²) in [6.07, 6.45) is 1.34. The van der Waals surface area contributed by atoms with Crippen LogP contribution in [-0.4, -0.2) is 40.6 Å². The topological polar surface area (TPSA) is 56.6 Å². The number of carbonyl (C=O) groups is 1. The van der Waals surface area contributed by atoms with Crippen molar-refractivity contribution in [2.24, 2.45) is 0 Å². The van der Waals surface area contributed by atoms with E-state index in [2.05, 4.69) is 29.7 Å². The Balaban J connectivity index is 1.29. The third-order valence-electron chi connectivity index (χ3n) is 6.58. The molecule has 3 aromatic carbocycles. The maximum Gasteiger partial charge on any atom is 0.223 e. The first kappa shape index (κ1) is 23.0. The Morgan fingerprint density at radius 2 is 1.83 bits per heavy atom. The van der Waals surface area contributed by atoms with E-state index >= 15 is 0 Å². The Labute approximate surface area is 206 Å². The average Bonchev–Trinajstić information content (AvgIpc) is 3.42. The lowest BCUT2D eigenvalue weighted by molar-refractivity contribution is -0.128. The molecule has 1 aliphatic heterocycles. The number of ether oxygens (including phenoxy) is 2. The molecule has 1 saturated heterocycles. The first-order valence-electron chi connectivity index (χ1n) is 12.2. The molecule has 180 valence electrons. The van der Waals surface area contributed by atoms with E-state index in [-0.39, 0.29) is 11.8 Å². The molecule has 1 aromatic heterocycles. The number of methoxy groups -OCH3 is 1. The Morgan fingerprint density at radius 3 is 2.63 bits per heavy atom. The fourth-order valence-electron chi connectivity index (χ4n) is 4.81. The number of carbonyl (C=O) groups excluding carboxylic acids is 1. The van der Waals surface area contributed by atoms with Crippen LogP contribution in [0.2, 0.25) is 0 Å². The van der Waals surface area contributed by atoms with Gasteiger partial charge >= 0.3 is 0 Å². The fraction of sp³-hybridized carbons (Fsp3) is 0.310. The molecule has 1 atom stereocenters. The number of nitrogens with zero attached hydrogens (tertiary/aromatic N) is 3. The van der Waals surface area contributed by atoms with Crippen molar-refractivity contribution in [2.75, 3.05) is 20.3 Å². The lowest BCUT2D eigenvalue weighted by Crippen LogP contribution is -2.24. The molecule has 35 heavy (non-hydrogen) atoms. The van der Waals surface area contributed by atoms with Crippen LogP contribution in [0.1, 0.15) is 35.7 Å². The first-order chi connectivity index (χ1) is 17.1. The Bertz CT molecular complexity index is 1310. The van der Waals surface area contributed by atoms with Gasteiger partial charge in [0.1, 0.15) is 17.3 Å². The average molecular weight is 470 g/mol. The minimum absolute atomic E-state index is 0.0749. The number of fused-ring (bicyclic) bond motifs is 1. The van der Waals surface area contributed by atoms with Crippen molar-refractivity contribution >= 4 is 16.9 Å². The van der Waals surface area contributed by atoms with Crippen molar-refractivity contribution in [1.29, 1.82) is 0 Å². The number of aryl methyl sites for hydroxylation is 2. The number of benzene rings is 3. The quantitative estimate of drug-likeness (QED) is 0.311. The van der Waals surface area contributed by atoms with E-state index in [1.54, 1.807) is 7.11 Å². The Hall–Kier alpha value is -3.80. The van der Waals surface area contributed by atoms with E-state index in [1.807, 2.05) is 59.5 Å². The lowest BCUT2D eigenvalue weighted by atomic mass is 10.1. The van der Waals surface area contributed by atoms with Crippen molar-refractivity contribution in [1.82, 2.24) is 14.5 Å². The number of hydrogen-bond acceptors (Lipinski definition) is 4. The third kappa shape index (κ3) is 5.16. The predicted molar refractivity (Wildman–Crippen MR) is 137 cm³/mol. The highest BCUT2D eigenvalue weighted by atomic mass is 16.5. The minimum Gasteiger partial charge on any atom is -0.497 e. The van der Waals surface area contributed by atoms with E-state index in [4.69, 9.17) is 14.5 Å². The number of likely N-dealkylation sites (tertiary alicyclic amines) is 1.